The third-order valence-electron chi connectivity index (χ3n) is 2.32. The molecule has 0 radical (unpaired) electrons. The van der Waals surface area contributed by atoms with E-state index in [4.69, 9.17) is 11.0 Å². The van der Waals surface area contributed by atoms with Crippen molar-refractivity contribution < 1.29 is 9.59 Å². The summed E-state index contributed by atoms with van der Waals surface area (Å²) >= 11 is 6.55. The van der Waals surface area contributed by atoms with Crippen LogP contribution >= 0.6 is 31.9 Å². The highest BCUT2D eigenvalue weighted by molar-refractivity contribution is 9.11. The Labute approximate surface area is 127 Å². The minimum absolute atomic E-state index is 0.149. The number of nitrogens with two attached hydrogens (primary N) is 1. The molecule has 0 aliphatic rings. The maximum atomic E-state index is 12.0. The van der Waals surface area contributed by atoms with E-state index >= 15 is 0 Å². The van der Waals surface area contributed by atoms with Gasteiger partial charge in [0.15, 0.2) is 0 Å². The van der Waals surface area contributed by atoms with Crippen LogP contribution in [0.4, 0.5) is 0 Å². The van der Waals surface area contributed by atoms with Crippen LogP contribution in [-0.2, 0) is 4.79 Å². The molecule has 19 heavy (non-hydrogen) atoms. The van der Waals surface area contributed by atoms with Gasteiger partial charge in [-0.05, 0) is 24.6 Å². The van der Waals surface area contributed by atoms with Crippen molar-refractivity contribution in [3.05, 3.63) is 32.7 Å². The quantitative estimate of drug-likeness (QED) is 0.808. The summed E-state index contributed by atoms with van der Waals surface area (Å²) in [4.78, 5) is 23.2. The van der Waals surface area contributed by atoms with Gasteiger partial charge in [-0.25, -0.2) is 0 Å². The molecule has 0 saturated carbocycles. The molecule has 0 bridgehead atoms. The van der Waals surface area contributed by atoms with Crippen molar-refractivity contribution in [2.24, 2.45) is 5.73 Å². The van der Waals surface area contributed by atoms with Crippen LogP contribution in [0, 0.1) is 11.3 Å². The van der Waals surface area contributed by atoms with Gasteiger partial charge in [-0.3, -0.25) is 9.59 Å². The fourth-order valence-electron chi connectivity index (χ4n) is 1.42. The number of halogens is 2. The van der Waals surface area contributed by atoms with Crippen LogP contribution in [0.5, 0.6) is 0 Å². The second-order valence-electron chi connectivity index (χ2n) is 3.78. The smallest absolute Gasteiger partial charge is 0.252 e. The van der Waals surface area contributed by atoms with Crippen molar-refractivity contribution in [1.82, 2.24) is 5.32 Å². The molecule has 2 amide bonds. The summed E-state index contributed by atoms with van der Waals surface area (Å²) in [6, 6.07) is 6.11. The van der Waals surface area contributed by atoms with E-state index in [1.807, 2.05) is 6.07 Å². The van der Waals surface area contributed by atoms with Gasteiger partial charge >= 0.3 is 0 Å². The van der Waals surface area contributed by atoms with Gasteiger partial charge in [0.05, 0.1) is 6.07 Å². The Hall–Kier alpha value is -1.39. The van der Waals surface area contributed by atoms with Crippen LogP contribution < -0.4 is 11.1 Å². The number of benzene rings is 1. The van der Waals surface area contributed by atoms with E-state index in [0.29, 0.717) is 5.56 Å². The predicted octanol–water partition coefficient (Wildman–Crippen LogP) is 2.10. The highest BCUT2D eigenvalue weighted by atomic mass is 79.9. The van der Waals surface area contributed by atoms with Crippen molar-refractivity contribution in [3.8, 4) is 6.07 Å². The fourth-order valence-corrected chi connectivity index (χ4v) is 2.71. The summed E-state index contributed by atoms with van der Waals surface area (Å²) in [7, 11) is 0. The molecule has 7 heteroatoms. The zero-order valence-corrected chi connectivity index (χ0v) is 13.0. The van der Waals surface area contributed by atoms with E-state index in [0.717, 1.165) is 8.95 Å². The molecular weight excluding hydrogens is 378 g/mol. The number of nitriles is 1. The van der Waals surface area contributed by atoms with E-state index < -0.39 is 17.9 Å². The van der Waals surface area contributed by atoms with Gasteiger partial charge < -0.3 is 11.1 Å². The number of hydrogen-bond donors (Lipinski definition) is 2. The zero-order chi connectivity index (χ0) is 14.4. The van der Waals surface area contributed by atoms with Crippen LogP contribution in [0.15, 0.2) is 27.1 Å². The topological polar surface area (TPSA) is 96.0 Å². The number of carbonyl (C=O) groups is 2. The second kappa shape index (κ2) is 7.26. The molecule has 0 aromatic heterocycles. The Morgan fingerprint density at radius 2 is 1.89 bits per heavy atom. The van der Waals surface area contributed by atoms with Crippen LogP contribution in [0.25, 0.3) is 0 Å². The Balaban J connectivity index is 2.82. The second-order valence-corrected chi connectivity index (χ2v) is 5.61. The van der Waals surface area contributed by atoms with Crippen LogP contribution in [0.2, 0.25) is 0 Å². The van der Waals surface area contributed by atoms with Gasteiger partial charge in [-0.2, -0.15) is 5.26 Å². The third-order valence-corrected chi connectivity index (χ3v) is 3.23. The van der Waals surface area contributed by atoms with Crippen molar-refractivity contribution >= 4 is 43.7 Å². The molecule has 1 rings (SSSR count). The molecule has 100 valence electrons. The summed E-state index contributed by atoms with van der Waals surface area (Å²) in [5, 5.41) is 11.0. The number of nitrogens with zero attached hydrogens (tertiary/aromatic N) is 1. The van der Waals surface area contributed by atoms with Gasteiger partial charge in [-0.15, -0.1) is 0 Å². The minimum atomic E-state index is -0.843. The van der Waals surface area contributed by atoms with E-state index in [9.17, 15) is 9.59 Å². The Bertz CT molecular complexity index is 520. The molecule has 1 aromatic carbocycles. The monoisotopic (exact) mass is 387 g/mol. The number of nitrogens with one attached hydrogen (secondary N) is 1. The largest absolute Gasteiger partial charge is 0.368 e. The standard InChI is InChI=1S/C12H11Br2N3O2/c13-8-4-7(5-9(14)6-8)12(19)17-10(11(16)18)2-1-3-15/h4-6,10H,1-2H2,(H2,16,18)(H,17,19)/t10-/m1/s1. The first-order valence-electron chi connectivity index (χ1n) is 5.37. The maximum Gasteiger partial charge on any atom is 0.252 e. The normalized spacial score (nSPS) is 11.4. The van der Waals surface area contributed by atoms with E-state index in [-0.39, 0.29) is 12.8 Å². The molecule has 5 nitrogen and oxygen atoms in total. The lowest BCUT2D eigenvalue weighted by molar-refractivity contribution is -0.119. The third kappa shape index (κ3) is 5.01. The lowest BCUT2D eigenvalue weighted by Crippen LogP contribution is -2.44. The zero-order valence-electron chi connectivity index (χ0n) is 9.82. The molecule has 0 aliphatic carbocycles. The Morgan fingerprint density at radius 3 is 2.37 bits per heavy atom. The van der Waals surface area contributed by atoms with Crippen molar-refractivity contribution in [2.45, 2.75) is 18.9 Å². The van der Waals surface area contributed by atoms with Crippen molar-refractivity contribution in [2.75, 3.05) is 0 Å². The predicted molar refractivity (Wildman–Crippen MR) is 77.1 cm³/mol. The summed E-state index contributed by atoms with van der Waals surface area (Å²) in [5.74, 6) is -1.07. The molecule has 0 aliphatic heterocycles. The molecule has 0 spiro atoms. The minimum Gasteiger partial charge on any atom is -0.368 e. The first kappa shape index (κ1) is 15.7. The van der Waals surface area contributed by atoms with E-state index in [2.05, 4.69) is 37.2 Å². The Kier molecular flexibility index (Phi) is 5.99. The summed E-state index contributed by atoms with van der Waals surface area (Å²) in [6.07, 6.45) is 0.350. The number of hydrogen-bond acceptors (Lipinski definition) is 3. The molecular formula is C12H11Br2N3O2. The van der Waals surface area contributed by atoms with Crippen LogP contribution in [0.3, 0.4) is 0 Å². The van der Waals surface area contributed by atoms with Gasteiger partial charge in [0.1, 0.15) is 6.04 Å². The van der Waals surface area contributed by atoms with Crippen molar-refractivity contribution in [3.63, 3.8) is 0 Å². The summed E-state index contributed by atoms with van der Waals surface area (Å²) < 4.78 is 1.47. The number of amides is 2. The summed E-state index contributed by atoms with van der Waals surface area (Å²) in [5.41, 5.74) is 5.58. The highest BCUT2D eigenvalue weighted by Gasteiger charge is 2.18. The molecule has 0 saturated heterocycles. The SMILES string of the molecule is N#CCC[C@@H](NC(=O)c1cc(Br)cc(Br)c1)C(N)=O. The number of rotatable bonds is 5. The maximum absolute atomic E-state index is 12.0. The van der Waals surface area contributed by atoms with Gasteiger partial charge in [0.2, 0.25) is 5.91 Å². The fraction of sp³-hybridized carbons (Fsp3) is 0.250. The van der Waals surface area contributed by atoms with Gasteiger partial charge in [-0.1, -0.05) is 31.9 Å². The molecule has 0 unspecified atom stereocenters. The molecule has 0 heterocycles. The first-order valence-corrected chi connectivity index (χ1v) is 6.96. The average molecular weight is 389 g/mol. The first-order chi connectivity index (χ1) is 8.93. The van der Waals surface area contributed by atoms with E-state index in [1.54, 1.807) is 18.2 Å². The van der Waals surface area contributed by atoms with Crippen molar-refractivity contribution in [1.29, 1.82) is 5.26 Å². The summed E-state index contributed by atoms with van der Waals surface area (Å²) in [6.45, 7) is 0. The molecule has 1 aromatic rings. The number of primary amides is 1. The highest BCUT2D eigenvalue weighted by Crippen LogP contribution is 2.20. The molecule has 3 N–H and O–H groups in total. The molecule has 0 fully saturated rings. The van der Waals surface area contributed by atoms with Gasteiger partial charge in [0, 0.05) is 20.9 Å². The lowest BCUT2D eigenvalue weighted by Gasteiger charge is -2.14. The van der Waals surface area contributed by atoms with Gasteiger partial charge in [0.25, 0.3) is 5.91 Å². The molecule has 1 atom stereocenters. The number of carbonyl (C=O) groups excluding carboxylic acids is 2. The van der Waals surface area contributed by atoms with Crippen LogP contribution in [0.1, 0.15) is 23.2 Å². The van der Waals surface area contributed by atoms with E-state index in [1.165, 1.54) is 0 Å². The van der Waals surface area contributed by atoms with Crippen LogP contribution in [-0.4, -0.2) is 17.9 Å². The Morgan fingerprint density at radius 1 is 1.32 bits per heavy atom. The average Bonchev–Trinajstić information content (AvgIpc) is 2.32. The lowest BCUT2D eigenvalue weighted by atomic mass is 10.1.